The predicted octanol–water partition coefficient (Wildman–Crippen LogP) is 3.23. The van der Waals surface area contributed by atoms with Gasteiger partial charge in [0.25, 0.3) is 5.56 Å². The lowest BCUT2D eigenvalue weighted by atomic mass is 10.1. The van der Waals surface area contributed by atoms with Gasteiger partial charge >= 0.3 is 11.9 Å². The summed E-state index contributed by atoms with van der Waals surface area (Å²) in [7, 11) is 0. The van der Waals surface area contributed by atoms with E-state index in [0.29, 0.717) is 0 Å². The molecule has 1 aromatic heterocycles. The molecule has 6 nitrogen and oxygen atoms in total. The number of halogens is 5. The number of Topliss-reactive ketones (excluding diaryl/α,β-unsaturated/α-hetero) is 1. The summed E-state index contributed by atoms with van der Waals surface area (Å²) in [5, 5.41) is -0.641. The highest BCUT2D eigenvalue weighted by molar-refractivity contribution is 8.00. The van der Waals surface area contributed by atoms with E-state index in [9.17, 15) is 31.9 Å². The smallest absolute Gasteiger partial charge is 0.335 e. The van der Waals surface area contributed by atoms with Crippen LogP contribution < -0.4 is 17.1 Å². The molecule has 12 heteroatoms. The van der Waals surface area contributed by atoms with Gasteiger partial charge in [0, 0.05) is 11.0 Å². The molecule has 1 unspecified atom stereocenters. The molecule has 1 atom stereocenters. The third kappa shape index (κ3) is 4.67. The van der Waals surface area contributed by atoms with Crippen molar-refractivity contribution in [2.45, 2.75) is 37.1 Å². The molecule has 0 saturated heterocycles. The van der Waals surface area contributed by atoms with Gasteiger partial charge in [-0.15, -0.1) is 11.8 Å². The summed E-state index contributed by atoms with van der Waals surface area (Å²) in [6.45, 7) is 4.93. The van der Waals surface area contributed by atoms with Crippen LogP contribution in [0.3, 0.4) is 0 Å². The van der Waals surface area contributed by atoms with Crippen molar-refractivity contribution in [2.24, 2.45) is 5.92 Å². The normalized spacial score (nSPS) is 13.0. The van der Waals surface area contributed by atoms with E-state index in [1.807, 2.05) is 0 Å². The molecule has 0 aliphatic rings. The van der Waals surface area contributed by atoms with Crippen molar-refractivity contribution in [1.29, 1.82) is 0 Å². The lowest BCUT2D eigenvalue weighted by Gasteiger charge is -2.19. The molecule has 0 bridgehead atoms. The quantitative estimate of drug-likeness (QED) is 0.426. The maximum Gasteiger partial charge on any atom is 0.433 e. The fraction of sp³-hybridized carbons (Fsp3) is 0.353. The van der Waals surface area contributed by atoms with E-state index in [4.69, 9.17) is 17.4 Å². The maximum atomic E-state index is 14.5. The first-order valence-corrected chi connectivity index (χ1v) is 9.39. The van der Waals surface area contributed by atoms with Gasteiger partial charge in [-0.05, 0) is 25.0 Å². The van der Waals surface area contributed by atoms with E-state index in [2.05, 4.69) is 0 Å². The first kappa shape index (κ1) is 23.0. The van der Waals surface area contributed by atoms with Gasteiger partial charge in [0.1, 0.15) is 11.6 Å². The van der Waals surface area contributed by atoms with Crippen LogP contribution in [0, 0.1) is 11.7 Å². The Morgan fingerprint density at radius 2 is 1.79 bits per heavy atom. The number of alkyl halides is 3. The maximum absolute atomic E-state index is 14.5. The molecular formula is C17H16ClF4N3O3S. The molecule has 29 heavy (non-hydrogen) atoms. The van der Waals surface area contributed by atoms with E-state index in [0.717, 1.165) is 23.9 Å². The lowest BCUT2D eigenvalue weighted by Crippen LogP contribution is -2.45. The van der Waals surface area contributed by atoms with E-state index < -0.39 is 39.9 Å². The summed E-state index contributed by atoms with van der Waals surface area (Å²) in [5.41, 5.74) is -5.32. The van der Waals surface area contributed by atoms with Crippen LogP contribution in [0.25, 0.3) is 5.69 Å². The first-order valence-electron chi connectivity index (χ1n) is 8.13. The molecule has 2 rings (SSSR count). The summed E-state index contributed by atoms with van der Waals surface area (Å²) >= 11 is 7.01. The zero-order chi connectivity index (χ0) is 22.3. The third-order valence-electron chi connectivity index (χ3n) is 3.93. The summed E-state index contributed by atoms with van der Waals surface area (Å²) < 4.78 is 53.1. The van der Waals surface area contributed by atoms with Crippen LogP contribution in [-0.4, -0.2) is 20.3 Å². The Balaban J connectivity index is 2.71. The number of aromatic nitrogens is 2. The molecule has 1 aromatic carbocycles. The molecule has 0 radical (unpaired) electrons. The van der Waals surface area contributed by atoms with Crippen molar-refractivity contribution in [3.63, 3.8) is 0 Å². The Labute approximate surface area is 171 Å². The topological polar surface area (TPSA) is 87.1 Å². The molecule has 0 aliphatic heterocycles. The van der Waals surface area contributed by atoms with Gasteiger partial charge in [-0.1, -0.05) is 25.4 Å². The van der Waals surface area contributed by atoms with Crippen LogP contribution in [0.1, 0.15) is 26.5 Å². The number of nitrogen functional groups attached to an aromatic ring is 1. The number of benzene rings is 1. The van der Waals surface area contributed by atoms with Gasteiger partial charge in [-0.25, -0.2) is 18.4 Å². The summed E-state index contributed by atoms with van der Waals surface area (Å²) in [6.07, 6.45) is -5.06. The molecule has 0 aliphatic carbocycles. The summed E-state index contributed by atoms with van der Waals surface area (Å²) in [4.78, 5) is 36.5. The summed E-state index contributed by atoms with van der Waals surface area (Å²) in [6, 6.07) is 1.92. The predicted molar refractivity (Wildman–Crippen MR) is 102 cm³/mol. The first-order chi connectivity index (χ1) is 13.3. The number of nitrogens with two attached hydrogens (primary N) is 1. The molecule has 0 fully saturated rings. The Bertz CT molecular complexity index is 1080. The number of thioether (sulfide) groups is 1. The van der Waals surface area contributed by atoms with Crippen LogP contribution in [0.4, 0.5) is 17.6 Å². The van der Waals surface area contributed by atoms with Crippen LogP contribution in [-0.2, 0) is 11.0 Å². The number of carbonyl (C=O) groups excluding carboxylic acids is 1. The average molecular weight is 454 g/mol. The highest BCUT2D eigenvalue weighted by atomic mass is 35.5. The minimum Gasteiger partial charge on any atom is -0.335 e. The van der Waals surface area contributed by atoms with E-state index in [-0.39, 0.29) is 36.9 Å². The van der Waals surface area contributed by atoms with Gasteiger partial charge in [0.15, 0.2) is 5.69 Å². The van der Waals surface area contributed by atoms with E-state index in [1.54, 1.807) is 13.8 Å². The number of hydrogen-bond acceptors (Lipinski definition) is 5. The van der Waals surface area contributed by atoms with Crippen molar-refractivity contribution in [3.05, 3.63) is 55.6 Å². The largest absolute Gasteiger partial charge is 0.433 e. The summed E-state index contributed by atoms with van der Waals surface area (Å²) in [5.74, 6) is 3.77. The van der Waals surface area contributed by atoms with E-state index >= 15 is 0 Å². The second kappa shape index (κ2) is 8.23. The number of nitrogens with zero attached hydrogens (tertiary/aromatic N) is 2. The van der Waals surface area contributed by atoms with Crippen molar-refractivity contribution in [1.82, 2.24) is 9.24 Å². The standard InChI is InChI=1S/C17H16ClF4N3O3S/c1-7(2)15(8(3)26)29-12-5-11(10(19)4-9(12)18)24-14(27)6-13(17(20,21)22)25(23)16(24)28/h4-7,15H,23H2,1-3H3. The lowest BCUT2D eigenvalue weighted by molar-refractivity contribution is -0.143. The van der Waals surface area contributed by atoms with E-state index in [1.165, 1.54) is 6.92 Å². The van der Waals surface area contributed by atoms with Gasteiger partial charge < -0.3 is 5.84 Å². The second-order valence-corrected chi connectivity index (χ2v) is 8.07. The van der Waals surface area contributed by atoms with Gasteiger partial charge in [0.05, 0.1) is 16.0 Å². The van der Waals surface area contributed by atoms with Crippen molar-refractivity contribution in [3.8, 4) is 5.69 Å². The minimum atomic E-state index is -5.06. The Kier molecular flexibility index (Phi) is 6.53. The van der Waals surface area contributed by atoms with Crippen molar-refractivity contribution < 1.29 is 22.4 Å². The molecule has 2 aromatic rings. The molecule has 2 N–H and O–H groups in total. The number of carbonyl (C=O) groups is 1. The Morgan fingerprint density at radius 3 is 2.28 bits per heavy atom. The Morgan fingerprint density at radius 1 is 1.21 bits per heavy atom. The van der Waals surface area contributed by atoms with Gasteiger partial charge in [-0.2, -0.15) is 13.2 Å². The fourth-order valence-electron chi connectivity index (χ4n) is 2.60. The number of rotatable bonds is 5. The monoisotopic (exact) mass is 453 g/mol. The average Bonchev–Trinajstić information content (AvgIpc) is 2.57. The highest BCUT2D eigenvalue weighted by Crippen LogP contribution is 2.36. The molecule has 158 valence electrons. The fourth-order valence-corrected chi connectivity index (χ4v) is 3.95. The number of ketones is 1. The van der Waals surface area contributed by atoms with Gasteiger partial charge in [0.2, 0.25) is 0 Å². The van der Waals surface area contributed by atoms with Crippen LogP contribution in [0.2, 0.25) is 5.02 Å². The SMILES string of the molecule is CC(=O)C(Sc1cc(-n2c(=O)cc(C(F)(F)F)n(N)c2=O)c(F)cc1Cl)C(C)C. The van der Waals surface area contributed by atoms with Crippen LogP contribution >= 0.6 is 23.4 Å². The van der Waals surface area contributed by atoms with Gasteiger partial charge in [-0.3, -0.25) is 9.59 Å². The zero-order valence-corrected chi connectivity index (χ0v) is 17.0. The molecule has 0 spiro atoms. The molecule has 0 saturated carbocycles. The highest BCUT2D eigenvalue weighted by Gasteiger charge is 2.36. The Hall–Kier alpha value is -2.27. The molecule has 0 amide bonds. The number of hydrogen-bond donors (Lipinski definition) is 1. The second-order valence-electron chi connectivity index (χ2n) is 6.48. The van der Waals surface area contributed by atoms with Crippen molar-refractivity contribution in [2.75, 3.05) is 5.84 Å². The zero-order valence-electron chi connectivity index (χ0n) is 15.4. The van der Waals surface area contributed by atoms with Crippen molar-refractivity contribution >= 4 is 29.1 Å². The molecular weight excluding hydrogens is 438 g/mol. The van der Waals surface area contributed by atoms with Crippen LogP contribution in [0.5, 0.6) is 0 Å². The molecule has 1 heterocycles. The minimum absolute atomic E-state index is 0.0869. The van der Waals surface area contributed by atoms with Crippen LogP contribution in [0.15, 0.2) is 32.7 Å². The third-order valence-corrected chi connectivity index (χ3v) is 6.08.